The Morgan fingerprint density at radius 1 is 1.44 bits per heavy atom. The Hall–Kier alpha value is -0.450. The van der Waals surface area contributed by atoms with Crippen LogP contribution in [0.2, 0.25) is 0 Å². The van der Waals surface area contributed by atoms with Crippen molar-refractivity contribution in [2.45, 2.75) is 51.7 Å². The number of aryl methyl sites for hydroxylation is 1. The van der Waals surface area contributed by atoms with Gasteiger partial charge in [-0.1, -0.05) is 6.92 Å². The molecule has 0 amide bonds. The van der Waals surface area contributed by atoms with Crippen LogP contribution in [0.15, 0.2) is 5.51 Å². The number of aromatic nitrogens is 1. The van der Waals surface area contributed by atoms with Crippen molar-refractivity contribution in [2.75, 3.05) is 19.6 Å². The van der Waals surface area contributed by atoms with Crippen molar-refractivity contribution >= 4 is 11.3 Å². The summed E-state index contributed by atoms with van der Waals surface area (Å²) in [6.45, 7) is 9.44. The predicted octanol–water partition coefficient (Wildman–Crippen LogP) is 2.51. The molecule has 3 nitrogen and oxygen atoms in total. The average Bonchev–Trinajstić information content (AvgIpc) is 2.98. The molecule has 4 heteroatoms. The largest absolute Gasteiger partial charge is 0.298 e. The number of nitrogens with zero attached hydrogens (tertiary/aromatic N) is 3. The van der Waals surface area contributed by atoms with Crippen molar-refractivity contribution in [3.63, 3.8) is 0 Å². The van der Waals surface area contributed by atoms with E-state index in [9.17, 15) is 0 Å². The summed E-state index contributed by atoms with van der Waals surface area (Å²) in [6, 6.07) is 1.56. The summed E-state index contributed by atoms with van der Waals surface area (Å²) in [5.74, 6) is 0. The molecule has 2 unspecified atom stereocenters. The number of thiazole rings is 1. The first-order chi connectivity index (χ1) is 8.78. The highest BCUT2D eigenvalue weighted by Crippen LogP contribution is 2.28. The summed E-state index contributed by atoms with van der Waals surface area (Å²) in [5, 5.41) is 0. The number of hydrogen-bond donors (Lipinski definition) is 0. The van der Waals surface area contributed by atoms with E-state index >= 15 is 0 Å². The normalized spacial score (nSPS) is 29.7. The van der Waals surface area contributed by atoms with Crippen LogP contribution in [0, 0.1) is 6.92 Å². The predicted molar refractivity (Wildman–Crippen MR) is 75.9 cm³/mol. The zero-order valence-electron chi connectivity index (χ0n) is 11.4. The van der Waals surface area contributed by atoms with Gasteiger partial charge in [-0.2, -0.15) is 0 Å². The molecule has 2 aliphatic rings. The Morgan fingerprint density at radius 2 is 2.33 bits per heavy atom. The van der Waals surface area contributed by atoms with E-state index in [0.717, 1.165) is 18.6 Å². The zero-order chi connectivity index (χ0) is 12.5. The number of hydrogen-bond acceptors (Lipinski definition) is 4. The SMILES string of the molecule is CCC1CN2CCCC2CN1Cc1scnc1C. The molecule has 0 N–H and O–H groups in total. The second-order valence-corrected chi connectivity index (χ2v) is 6.58. The third-order valence-electron chi connectivity index (χ3n) is 4.57. The Kier molecular flexibility index (Phi) is 3.68. The van der Waals surface area contributed by atoms with E-state index < -0.39 is 0 Å². The third-order valence-corrected chi connectivity index (χ3v) is 5.49. The van der Waals surface area contributed by atoms with E-state index in [1.165, 1.54) is 49.5 Å². The van der Waals surface area contributed by atoms with Gasteiger partial charge in [0.2, 0.25) is 0 Å². The molecule has 3 heterocycles. The minimum Gasteiger partial charge on any atom is -0.298 e. The van der Waals surface area contributed by atoms with Crippen LogP contribution >= 0.6 is 11.3 Å². The molecule has 100 valence electrons. The van der Waals surface area contributed by atoms with Gasteiger partial charge in [-0.3, -0.25) is 9.80 Å². The first-order valence-corrected chi connectivity index (χ1v) is 8.03. The van der Waals surface area contributed by atoms with Gasteiger partial charge in [-0.25, -0.2) is 4.98 Å². The summed E-state index contributed by atoms with van der Waals surface area (Å²) in [5.41, 5.74) is 3.21. The molecule has 3 rings (SSSR count). The van der Waals surface area contributed by atoms with Gasteiger partial charge in [0.25, 0.3) is 0 Å². The van der Waals surface area contributed by atoms with Crippen LogP contribution in [0.25, 0.3) is 0 Å². The molecular formula is C14H23N3S. The van der Waals surface area contributed by atoms with Crippen molar-refractivity contribution in [3.05, 3.63) is 16.1 Å². The van der Waals surface area contributed by atoms with E-state index in [1.807, 2.05) is 16.8 Å². The second-order valence-electron chi connectivity index (χ2n) is 5.64. The van der Waals surface area contributed by atoms with Crippen molar-refractivity contribution in [1.29, 1.82) is 0 Å². The zero-order valence-corrected chi connectivity index (χ0v) is 12.2. The monoisotopic (exact) mass is 265 g/mol. The molecular weight excluding hydrogens is 242 g/mol. The minimum atomic E-state index is 0.737. The van der Waals surface area contributed by atoms with Crippen molar-refractivity contribution in [1.82, 2.24) is 14.8 Å². The average molecular weight is 265 g/mol. The maximum absolute atomic E-state index is 4.38. The van der Waals surface area contributed by atoms with E-state index in [4.69, 9.17) is 0 Å². The van der Waals surface area contributed by atoms with Crippen LogP contribution in [0.4, 0.5) is 0 Å². The van der Waals surface area contributed by atoms with Crippen molar-refractivity contribution in [3.8, 4) is 0 Å². The molecule has 0 aromatic carbocycles. The molecule has 0 saturated carbocycles. The topological polar surface area (TPSA) is 19.4 Å². The Bertz CT molecular complexity index is 403. The summed E-state index contributed by atoms with van der Waals surface area (Å²) in [6.07, 6.45) is 4.06. The highest BCUT2D eigenvalue weighted by molar-refractivity contribution is 7.09. The van der Waals surface area contributed by atoms with Gasteiger partial charge in [0.1, 0.15) is 0 Å². The number of piperazine rings is 1. The summed E-state index contributed by atoms with van der Waals surface area (Å²) < 4.78 is 0. The van der Waals surface area contributed by atoms with Crippen LogP contribution < -0.4 is 0 Å². The van der Waals surface area contributed by atoms with Crippen LogP contribution in [0.1, 0.15) is 36.8 Å². The lowest BCUT2D eigenvalue weighted by atomic mass is 10.0. The molecule has 0 bridgehead atoms. The maximum atomic E-state index is 4.38. The van der Waals surface area contributed by atoms with Gasteiger partial charge >= 0.3 is 0 Å². The fraction of sp³-hybridized carbons (Fsp3) is 0.786. The van der Waals surface area contributed by atoms with Crippen molar-refractivity contribution in [2.24, 2.45) is 0 Å². The Balaban J connectivity index is 1.71. The molecule has 1 aromatic rings. The lowest BCUT2D eigenvalue weighted by Crippen LogP contribution is -2.55. The third kappa shape index (κ3) is 2.33. The molecule has 1 aromatic heterocycles. The molecule has 0 aliphatic carbocycles. The summed E-state index contributed by atoms with van der Waals surface area (Å²) in [4.78, 5) is 11.3. The molecule has 2 aliphatic heterocycles. The Labute approximate surface area is 114 Å². The number of fused-ring (bicyclic) bond motifs is 1. The van der Waals surface area contributed by atoms with Gasteiger partial charge in [-0.05, 0) is 32.7 Å². The van der Waals surface area contributed by atoms with Crippen LogP contribution in [0.3, 0.4) is 0 Å². The minimum absolute atomic E-state index is 0.737. The molecule has 0 spiro atoms. The van der Waals surface area contributed by atoms with Crippen molar-refractivity contribution < 1.29 is 0 Å². The van der Waals surface area contributed by atoms with Crippen LogP contribution in [-0.2, 0) is 6.54 Å². The first-order valence-electron chi connectivity index (χ1n) is 7.15. The lowest BCUT2D eigenvalue weighted by Gasteiger charge is -2.43. The second kappa shape index (κ2) is 5.27. The standard InChI is InChI=1S/C14H23N3S/c1-3-12-7-16-6-4-5-13(16)8-17(12)9-14-11(2)15-10-18-14/h10,12-13H,3-9H2,1-2H3. The van der Waals surface area contributed by atoms with E-state index in [-0.39, 0.29) is 0 Å². The Morgan fingerprint density at radius 3 is 3.06 bits per heavy atom. The molecule has 2 saturated heterocycles. The maximum Gasteiger partial charge on any atom is 0.0798 e. The van der Waals surface area contributed by atoms with E-state index in [0.29, 0.717) is 0 Å². The number of rotatable bonds is 3. The van der Waals surface area contributed by atoms with E-state index in [2.05, 4.69) is 28.6 Å². The van der Waals surface area contributed by atoms with Gasteiger partial charge in [0, 0.05) is 36.6 Å². The highest BCUT2D eigenvalue weighted by Gasteiger charge is 2.35. The summed E-state index contributed by atoms with van der Waals surface area (Å²) in [7, 11) is 0. The van der Waals surface area contributed by atoms with Crippen LogP contribution in [0.5, 0.6) is 0 Å². The molecule has 0 radical (unpaired) electrons. The van der Waals surface area contributed by atoms with E-state index in [1.54, 1.807) is 0 Å². The van der Waals surface area contributed by atoms with Gasteiger partial charge in [-0.15, -0.1) is 11.3 Å². The fourth-order valence-corrected chi connectivity index (χ4v) is 4.19. The van der Waals surface area contributed by atoms with Gasteiger partial charge in [0.05, 0.1) is 11.2 Å². The smallest absolute Gasteiger partial charge is 0.0798 e. The molecule has 2 atom stereocenters. The lowest BCUT2D eigenvalue weighted by molar-refractivity contribution is 0.0442. The first kappa shape index (κ1) is 12.6. The quantitative estimate of drug-likeness (QED) is 0.837. The highest BCUT2D eigenvalue weighted by atomic mass is 32.1. The molecule has 2 fully saturated rings. The van der Waals surface area contributed by atoms with Gasteiger partial charge < -0.3 is 0 Å². The summed E-state index contributed by atoms with van der Waals surface area (Å²) >= 11 is 1.81. The molecule has 18 heavy (non-hydrogen) atoms. The fourth-order valence-electron chi connectivity index (χ4n) is 3.39. The van der Waals surface area contributed by atoms with Gasteiger partial charge in [0.15, 0.2) is 0 Å². The van der Waals surface area contributed by atoms with Crippen LogP contribution in [-0.4, -0.2) is 46.5 Å².